The number of fused-ring (bicyclic) bond motifs is 1. The molecule has 3 aromatic carbocycles. The highest BCUT2D eigenvalue weighted by Crippen LogP contribution is 2.31. The number of aryl methyl sites for hydroxylation is 2. The zero-order valence-corrected chi connectivity index (χ0v) is 23.2. The lowest BCUT2D eigenvalue weighted by atomic mass is 10.1. The molecule has 194 valence electrons. The van der Waals surface area contributed by atoms with Gasteiger partial charge < -0.3 is 10.2 Å². The van der Waals surface area contributed by atoms with Crippen LogP contribution in [0.25, 0.3) is 5.69 Å². The lowest BCUT2D eigenvalue weighted by Gasteiger charge is -2.17. The van der Waals surface area contributed by atoms with E-state index in [4.69, 9.17) is 23.2 Å². The monoisotopic (exact) mass is 565 g/mol. The first-order valence-electron chi connectivity index (χ1n) is 12.1. The molecule has 0 saturated carbocycles. The molecule has 0 spiro atoms. The second-order valence-corrected chi connectivity index (χ2v) is 10.8. The van der Waals surface area contributed by atoms with Gasteiger partial charge in [-0.1, -0.05) is 59.2 Å². The van der Waals surface area contributed by atoms with E-state index in [1.54, 1.807) is 28.8 Å². The summed E-state index contributed by atoms with van der Waals surface area (Å²) in [6.07, 6.45) is 0.844. The van der Waals surface area contributed by atoms with Crippen molar-refractivity contribution in [1.29, 1.82) is 0 Å². The molecule has 0 aliphatic carbocycles. The minimum Gasteiger partial charge on any atom is -0.345 e. The van der Waals surface area contributed by atoms with Crippen LogP contribution in [-0.4, -0.2) is 38.9 Å². The molecule has 10 heteroatoms. The fraction of sp³-hybridized carbons (Fsp3) is 0.214. The average Bonchev–Trinajstić information content (AvgIpc) is 3.53. The van der Waals surface area contributed by atoms with E-state index in [0.29, 0.717) is 38.8 Å². The number of anilines is 1. The van der Waals surface area contributed by atoms with Crippen LogP contribution in [0.4, 0.5) is 5.69 Å². The molecule has 0 radical (unpaired) electrons. The quantitative estimate of drug-likeness (QED) is 0.286. The fourth-order valence-corrected chi connectivity index (χ4v) is 5.48. The minimum atomic E-state index is -0.214. The van der Waals surface area contributed by atoms with Crippen molar-refractivity contribution in [2.45, 2.75) is 32.0 Å². The Hall–Kier alpha value is -3.33. The van der Waals surface area contributed by atoms with Crippen molar-refractivity contribution in [1.82, 2.24) is 20.1 Å². The van der Waals surface area contributed by atoms with E-state index in [1.165, 1.54) is 17.3 Å². The fourth-order valence-electron chi connectivity index (χ4n) is 4.34. The summed E-state index contributed by atoms with van der Waals surface area (Å²) < 4.78 is 1.79. The molecule has 0 saturated heterocycles. The van der Waals surface area contributed by atoms with E-state index >= 15 is 0 Å². The van der Waals surface area contributed by atoms with Gasteiger partial charge in [-0.3, -0.25) is 14.2 Å². The van der Waals surface area contributed by atoms with Crippen LogP contribution in [0.5, 0.6) is 0 Å². The molecule has 1 N–H and O–H groups in total. The second kappa shape index (κ2) is 11.2. The third-order valence-electron chi connectivity index (χ3n) is 6.55. The summed E-state index contributed by atoms with van der Waals surface area (Å²) in [6, 6.07) is 18.7. The number of hydrogen-bond donors (Lipinski definition) is 1. The number of para-hydroxylation sites is 1. The average molecular weight is 567 g/mol. The normalized spacial score (nSPS) is 12.5. The smallest absolute Gasteiger partial charge is 0.251 e. The number of thioether (sulfide) groups is 1. The summed E-state index contributed by atoms with van der Waals surface area (Å²) in [5.41, 5.74) is 5.54. The van der Waals surface area contributed by atoms with Gasteiger partial charge in [0.15, 0.2) is 11.0 Å². The highest BCUT2D eigenvalue weighted by molar-refractivity contribution is 7.99. The molecule has 0 unspecified atom stereocenters. The van der Waals surface area contributed by atoms with Crippen LogP contribution in [0.3, 0.4) is 0 Å². The lowest BCUT2D eigenvalue weighted by Crippen LogP contribution is -2.30. The number of nitrogens with zero attached hydrogens (tertiary/aromatic N) is 4. The number of benzene rings is 3. The number of carbonyl (C=O) groups is 2. The standard InChI is InChI=1S/C28H25Cl2N5O2S/c1-17-7-8-20(13-18(17)2)27(37)31-15-25-32-33-28(35(25)21-9-10-22(29)23(30)14-21)38-16-26(36)34-12-11-19-5-3-4-6-24(19)34/h3-10,13-14H,11-12,15-16H2,1-2H3,(H,31,37). The van der Waals surface area contributed by atoms with Gasteiger partial charge in [0.1, 0.15) is 0 Å². The van der Waals surface area contributed by atoms with E-state index in [2.05, 4.69) is 21.6 Å². The number of halogens is 2. The van der Waals surface area contributed by atoms with Crippen molar-refractivity contribution >= 4 is 52.5 Å². The number of aromatic nitrogens is 3. The minimum absolute atomic E-state index is 0.00627. The Labute approximate surface area is 235 Å². The van der Waals surface area contributed by atoms with Gasteiger partial charge in [-0.2, -0.15) is 0 Å². The Morgan fingerprint density at radius 1 is 0.974 bits per heavy atom. The van der Waals surface area contributed by atoms with Crippen LogP contribution in [0.1, 0.15) is 32.9 Å². The molecule has 5 rings (SSSR count). The Bertz CT molecular complexity index is 1540. The maximum atomic E-state index is 13.1. The van der Waals surface area contributed by atoms with Crippen LogP contribution in [0.15, 0.2) is 65.8 Å². The Morgan fingerprint density at radius 3 is 2.58 bits per heavy atom. The van der Waals surface area contributed by atoms with Gasteiger partial charge >= 0.3 is 0 Å². The number of carbonyl (C=O) groups excluding carboxylic acids is 2. The van der Waals surface area contributed by atoms with Crippen molar-refractivity contribution in [2.24, 2.45) is 0 Å². The molecule has 2 heterocycles. The van der Waals surface area contributed by atoms with Crippen LogP contribution in [0.2, 0.25) is 10.0 Å². The van der Waals surface area contributed by atoms with Crippen LogP contribution >= 0.6 is 35.0 Å². The summed E-state index contributed by atoms with van der Waals surface area (Å²) in [4.78, 5) is 27.8. The molecule has 1 aliphatic rings. The predicted octanol–water partition coefficient (Wildman–Crippen LogP) is 5.80. The first-order chi connectivity index (χ1) is 18.3. The number of nitrogens with one attached hydrogen (secondary N) is 1. The van der Waals surface area contributed by atoms with Gasteiger partial charge in [-0.15, -0.1) is 10.2 Å². The van der Waals surface area contributed by atoms with Crippen molar-refractivity contribution in [2.75, 3.05) is 17.2 Å². The number of rotatable bonds is 7. The molecule has 0 atom stereocenters. The molecule has 7 nitrogen and oxygen atoms in total. The summed E-state index contributed by atoms with van der Waals surface area (Å²) in [5, 5.41) is 12.9. The molecule has 4 aromatic rings. The second-order valence-electron chi connectivity index (χ2n) is 9.03. The Balaban J connectivity index is 1.37. The molecule has 0 fully saturated rings. The zero-order chi connectivity index (χ0) is 26.8. The van der Waals surface area contributed by atoms with E-state index in [9.17, 15) is 9.59 Å². The zero-order valence-electron chi connectivity index (χ0n) is 20.9. The molecule has 2 amide bonds. The first kappa shape index (κ1) is 26.3. The van der Waals surface area contributed by atoms with Gasteiger partial charge in [0.05, 0.1) is 28.0 Å². The molecule has 38 heavy (non-hydrogen) atoms. The molecule has 0 bridgehead atoms. The summed E-state index contributed by atoms with van der Waals surface area (Å²) in [5.74, 6) is 0.465. The van der Waals surface area contributed by atoms with Crippen molar-refractivity contribution < 1.29 is 9.59 Å². The van der Waals surface area contributed by atoms with E-state index in [-0.39, 0.29) is 24.1 Å². The predicted molar refractivity (Wildman–Crippen MR) is 152 cm³/mol. The topological polar surface area (TPSA) is 80.1 Å². The van der Waals surface area contributed by atoms with E-state index in [0.717, 1.165) is 23.2 Å². The molecular weight excluding hydrogens is 541 g/mol. The summed E-state index contributed by atoms with van der Waals surface area (Å²) in [7, 11) is 0. The largest absolute Gasteiger partial charge is 0.345 e. The van der Waals surface area contributed by atoms with Gasteiger partial charge in [-0.05, 0) is 73.4 Å². The number of hydrogen-bond acceptors (Lipinski definition) is 5. The van der Waals surface area contributed by atoms with Crippen LogP contribution in [0, 0.1) is 13.8 Å². The molecule has 1 aliphatic heterocycles. The maximum Gasteiger partial charge on any atom is 0.251 e. The van der Waals surface area contributed by atoms with Gasteiger partial charge in [0.25, 0.3) is 5.91 Å². The highest BCUT2D eigenvalue weighted by Gasteiger charge is 2.25. The molecule has 1 aromatic heterocycles. The maximum absolute atomic E-state index is 13.1. The third-order valence-corrected chi connectivity index (χ3v) is 8.20. The summed E-state index contributed by atoms with van der Waals surface area (Å²) >= 11 is 13.7. The summed E-state index contributed by atoms with van der Waals surface area (Å²) in [6.45, 7) is 4.77. The SMILES string of the molecule is Cc1ccc(C(=O)NCc2nnc(SCC(=O)N3CCc4ccccc43)n2-c2ccc(Cl)c(Cl)c2)cc1C. The Morgan fingerprint density at radius 2 is 1.79 bits per heavy atom. The van der Waals surface area contributed by atoms with Gasteiger partial charge in [0.2, 0.25) is 5.91 Å². The number of amides is 2. The third kappa shape index (κ3) is 5.43. The van der Waals surface area contributed by atoms with Gasteiger partial charge in [0, 0.05) is 17.8 Å². The van der Waals surface area contributed by atoms with E-state index < -0.39 is 0 Å². The van der Waals surface area contributed by atoms with Crippen molar-refractivity contribution in [3.05, 3.63) is 98.8 Å². The van der Waals surface area contributed by atoms with Crippen molar-refractivity contribution in [3.8, 4) is 5.69 Å². The van der Waals surface area contributed by atoms with E-state index in [1.807, 2.05) is 49.1 Å². The highest BCUT2D eigenvalue weighted by atomic mass is 35.5. The first-order valence-corrected chi connectivity index (χ1v) is 13.8. The van der Waals surface area contributed by atoms with Crippen LogP contribution in [-0.2, 0) is 17.8 Å². The van der Waals surface area contributed by atoms with Crippen LogP contribution < -0.4 is 10.2 Å². The van der Waals surface area contributed by atoms with Crippen molar-refractivity contribution in [3.63, 3.8) is 0 Å². The molecular formula is C28H25Cl2N5O2S. The van der Waals surface area contributed by atoms with Gasteiger partial charge in [-0.25, -0.2) is 0 Å². The lowest BCUT2D eigenvalue weighted by molar-refractivity contribution is -0.116. The Kier molecular flexibility index (Phi) is 7.74.